The van der Waals surface area contributed by atoms with Crippen molar-refractivity contribution in [3.05, 3.63) is 0 Å². The topological polar surface area (TPSA) is 63.4 Å². The first kappa shape index (κ1) is 10.9. The average molecular weight is 206 g/mol. The SMILES string of the molecule is CC(N)CCN1CCCCS1(=O)=O. The smallest absolute Gasteiger partial charge is 0.214 e. The zero-order chi connectivity index (χ0) is 9.90. The van der Waals surface area contributed by atoms with Gasteiger partial charge in [0.15, 0.2) is 0 Å². The number of hydrogen-bond acceptors (Lipinski definition) is 3. The molecule has 1 fully saturated rings. The van der Waals surface area contributed by atoms with Crippen molar-refractivity contribution in [2.24, 2.45) is 5.73 Å². The lowest BCUT2D eigenvalue weighted by molar-refractivity contribution is 0.369. The highest BCUT2D eigenvalue weighted by Crippen LogP contribution is 2.13. The molecule has 0 amide bonds. The lowest BCUT2D eigenvalue weighted by Crippen LogP contribution is -2.39. The number of nitrogens with two attached hydrogens (primary N) is 1. The van der Waals surface area contributed by atoms with E-state index in [9.17, 15) is 8.42 Å². The molecule has 0 radical (unpaired) electrons. The minimum Gasteiger partial charge on any atom is -0.328 e. The Morgan fingerprint density at radius 1 is 1.46 bits per heavy atom. The van der Waals surface area contributed by atoms with Crippen molar-refractivity contribution in [1.82, 2.24) is 4.31 Å². The Morgan fingerprint density at radius 3 is 2.69 bits per heavy atom. The Morgan fingerprint density at radius 2 is 2.15 bits per heavy atom. The van der Waals surface area contributed by atoms with E-state index >= 15 is 0 Å². The Kier molecular flexibility index (Phi) is 3.70. The third kappa shape index (κ3) is 3.25. The standard InChI is InChI=1S/C8H18N2O2S/c1-8(9)4-6-10-5-2-3-7-13(10,11)12/h8H,2-7,9H2,1H3. The zero-order valence-corrected chi connectivity index (χ0v) is 8.89. The van der Waals surface area contributed by atoms with Gasteiger partial charge >= 0.3 is 0 Å². The minimum atomic E-state index is -2.94. The second-order valence-corrected chi connectivity index (χ2v) is 5.78. The highest BCUT2D eigenvalue weighted by molar-refractivity contribution is 7.89. The van der Waals surface area contributed by atoms with Gasteiger partial charge in [0.1, 0.15) is 0 Å². The van der Waals surface area contributed by atoms with Crippen LogP contribution in [0.25, 0.3) is 0 Å². The molecule has 0 saturated carbocycles. The lowest BCUT2D eigenvalue weighted by atomic mass is 10.2. The van der Waals surface area contributed by atoms with Crippen molar-refractivity contribution in [3.63, 3.8) is 0 Å². The molecule has 1 rings (SSSR count). The van der Waals surface area contributed by atoms with Gasteiger partial charge in [0.25, 0.3) is 0 Å². The van der Waals surface area contributed by atoms with E-state index in [0.717, 1.165) is 19.3 Å². The van der Waals surface area contributed by atoms with Crippen LogP contribution in [0.4, 0.5) is 0 Å². The molecule has 13 heavy (non-hydrogen) atoms. The molecule has 0 aromatic carbocycles. The van der Waals surface area contributed by atoms with Gasteiger partial charge in [0.05, 0.1) is 5.75 Å². The fourth-order valence-electron chi connectivity index (χ4n) is 1.44. The van der Waals surface area contributed by atoms with Gasteiger partial charge in [0.2, 0.25) is 10.0 Å². The molecule has 2 N–H and O–H groups in total. The first-order valence-corrected chi connectivity index (χ1v) is 6.37. The summed E-state index contributed by atoms with van der Waals surface area (Å²) in [6, 6.07) is 0.0807. The highest BCUT2D eigenvalue weighted by Gasteiger charge is 2.24. The molecule has 1 aliphatic heterocycles. The summed E-state index contributed by atoms with van der Waals surface area (Å²) in [6.07, 6.45) is 2.54. The van der Waals surface area contributed by atoms with E-state index in [2.05, 4.69) is 0 Å². The van der Waals surface area contributed by atoms with Crippen LogP contribution in [0, 0.1) is 0 Å². The van der Waals surface area contributed by atoms with Gasteiger partial charge in [-0.15, -0.1) is 0 Å². The first-order chi connectivity index (χ1) is 6.02. The molecule has 5 heteroatoms. The second kappa shape index (κ2) is 4.39. The lowest BCUT2D eigenvalue weighted by Gasteiger charge is -2.26. The van der Waals surface area contributed by atoms with Gasteiger partial charge in [-0.3, -0.25) is 0 Å². The van der Waals surface area contributed by atoms with Crippen LogP contribution < -0.4 is 5.73 Å². The van der Waals surface area contributed by atoms with Crippen LogP contribution in [-0.4, -0.2) is 37.6 Å². The predicted octanol–water partition coefficient (Wildman–Crippen LogP) is 0.149. The largest absolute Gasteiger partial charge is 0.328 e. The van der Waals surface area contributed by atoms with Crippen molar-refractivity contribution in [2.45, 2.75) is 32.2 Å². The fourth-order valence-corrected chi connectivity index (χ4v) is 3.06. The first-order valence-electron chi connectivity index (χ1n) is 4.76. The molecule has 1 unspecified atom stereocenters. The van der Waals surface area contributed by atoms with Crippen LogP contribution in [0.5, 0.6) is 0 Å². The summed E-state index contributed by atoms with van der Waals surface area (Å²) < 4.78 is 24.5. The van der Waals surface area contributed by atoms with Crippen molar-refractivity contribution in [2.75, 3.05) is 18.8 Å². The Hall–Kier alpha value is -0.130. The van der Waals surface area contributed by atoms with E-state index in [1.54, 1.807) is 4.31 Å². The van der Waals surface area contributed by atoms with Crippen molar-refractivity contribution < 1.29 is 8.42 Å². The summed E-state index contributed by atoms with van der Waals surface area (Å²) in [4.78, 5) is 0. The van der Waals surface area contributed by atoms with Crippen LogP contribution in [0.15, 0.2) is 0 Å². The fraction of sp³-hybridized carbons (Fsp3) is 1.00. The van der Waals surface area contributed by atoms with Gasteiger partial charge in [-0.05, 0) is 26.2 Å². The number of sulfonamides is 1. The summed E-state index contributed by atoms with van der Waals surface area (Å²) in [5.41, 5.74) is 5.58. The monoisotopic (exact) mass is 206 g/mol. The van der Waals surface area contributed by atoms with Gasteiger partial charge < -0.3 is 5.73 Å². The average Bonchev–Trinajstić information content (AvgIpc) is 2.01. The number of nitrogens with zero attached hydrogens (tertiary/aromatic N) is 1. The van der Waals surface area contributed by atoms with Crippen LogP contribution in [0.1, 0.15) is 26.2 Å². The van der Waals surface area contributed by atoms with E-state index in [4.69, 9.17) is 5.73 Å². The molecule has 0 aliphatic carbocycles. The quantitative estimate of drug-likeness (QED) is 0.715. The van der Waals surface area contributed by atoms with Crippen LogP contribution in [-0.2, 0) is 10.0 Å². The number of rotatable bonds is 3. The van der Waals surface area contributed by atoms with Crippen LogP contribution in [0.2, 0.25) is 0 Å². The second-order valence-electron chi connectivity index (χ2n) is 3.69. The van der Waals surface area contributed by atoms with Gasteiger partial charge in [-0.2, -0.15) is 0 Å². The van der Waals surface area contributed by atoms with E-state index in [1.807, 2.05) is 6.92 Å². The molecule has 4 nitrogen and oxygen atoms in total. The summed E-state index contributed by atoms with van der Waals surface area (Å²) in [5.74, 6) is 0.311. The van der Waals surface area contributed by atoms with E-state index in [-0.39, 0.29) is 6.04 Å². The van der Waals surface area contributed by atoms with E-state index in [0.29, 0.717) is 18.8 Å². The maximum atomic E-state index is 11.5. The van der Waals surface area contributed by atoms with Crippen LogP contribution >= 0.6 is 0 Å². The molecule has 1 heterocycles. The summed E-state index contributed by atoms with van der Waals surface area (Å²) >= 11 is 0. The maximum absolute atomic E-state index is 11.5. The van der Waals surface area contributed by atoms with Crippen molar-refractivity contribution >= 4 is 10.0 Å². The Balaban J connectivity index is 2.47. The maximum Gasteiger partial charge on any atom is 0.214 e. The molecule has 78 valence electrons. The van der Waals surface area contributed by atoms with Gasteiger partial charge in [0, 0.05) is 19.1 Å². The summed E-state index contributed by atoms with van der Waals surface area (Å²) in [6.45, 7) is 3.16. The zero-order valence-electron chi connectivity index (χ0n) is 8.07. The molecular formula is C8H18N2O2S. The summed E-state index contributed by atoms with van der Waals surface area (Å²) in [5, 5.41) is 0. The van der Waals surface area contributed by atoms with E-state index in [1.165, 1.54) is 0 Å². The normalized spacial score (nSPS) is 25.7. The van der Waals surface area contributed by atoms with Crippen molar-refractivity contribution in [1.29, 1.82) is 0 Å². The van der Waals surface area contributed by atoms with Gasteiger partial charge in [-0.25, -0.2) is 12.7 Å². The third-order valence-corrected chi connectivity index (χ3v) is 4.24. The molecule has 1 saturated heterocycles. The highest BCUT2D eigenvalue weighted by atomic mass is 32.2. The Bertz CT molecular complexity index is 249. The van der Waals surface area contributed by atoms with Gasteiger partial charge in [-0.1, -0.05) is 0 Å². The minimum absolute atomic E-state index is 0.0807. The molecule has 0 bridgehead atoms. The predicted molar refractivity (Wildman–Crippen MR) is 52.9 cm³/mol. The molecular weight excluding hydrogens is 188 g/mol. The molecule has 1 aliphatic rings. The van der Waals surface area contributed by atoms with E-state index < -0.39 is 10.0 Å². The molecule has 0 spiro atoms. The molecule has 0 aromatic heterocycles. The summed E-state index contributed by atoms with van der Waals surface area (Å²) in [7, 11) is -2.94. The van der Waals surface area contributed by atoms with Crippen molar-refractivity contribution in [3.8, 4) is 0 Å². The molecule has 1 atom stereocenters. The third-order valence-electron chi connectivity index (χ3n) is 2.29. The molecule has 0 aromatic rings. The van der Waals surface area contributed by atoms with Crippen LogP contribution in [0.3, 0.4) is 0 Å². The Labute approximate surface area is 80.1 Å². The number of hydrogen-bond donors (Lipinski definition) is 1.